The van der Waals surface area contributed by atoms with Crippen LogP contribution in [0.3, 0.4) is 0 Å². The van der Waals surface area contributed by atoms with E-state index in [1.54, 1.807) is 0 Å². The van der Waals surface area contributed by atoms with Gasteiger partial charge in [-0.1, -0.05) is 37.5 Å². The first kappa shape index (κ1) is 16.3. The first-order valence-electron chi connectivity index (χ1n) is 6.94. The van der Waals surface area contributed by atoms with Gasteiger partial charge in [0.05, 0.1) is 0 Å². The van der Waals surface area contributed by atoms with Crippen molar-refractivity contribution in [1.29, 1.82) is 0 Å². The lowest BCUT2D eigenvalue weighted by Gasteiger charge is -2.24. The third-order valence-corrected chi connectivity index (χ3v) is 3.43. The smallest absolute Gasteiger partial charge is 0.119 e. The Morgan fingerprint density at radius 2 is 1.84 bits per heavy atom. The number of halogens is 1. The van der Waals surface area contributed by atoms with Crippen LogP contribution in [0.25, 0.3) is 0 Å². The van der Waals surface area contributed by atoms with E-state index in [0.717, 1.165) is 5.75 Å². The van der Waals surface area contributed by atoms with Crippen LogP contribution in [0.2, 0.25) is 0 Å². The Morgan fingerprint density at radius 1 is 1.16 bits per heavy atom. The monoisotopic (exact) mass is 285 g/mol. The van der Waals surface area contributed by atoms with Crippen LogP contribution in [-0.2, 0) is 0 Å². The van der Waals surface area contributed by atoms with E-state index in [1.165, 1.54) is 32.1 Å². The Labute approximate surface area is 121 Å². The lowest BCUT2D eigenvalue weighted by atomic mass is 9.95. The standard InChI is InChI=1S/C15H23NO2.ClH/c17-14(11-16-13-7-3-1-4-8-13)12-18-15-9-5-2-6-10-15;/h2,5-6,9-10,13-14,16-17H,1,3-4,7-8,11-12H2;1H. The highest BCUT2D eigenvalue weighted by Crippen LogP contribution is 2.17. The van der Waals surface area contributed by atoms with Gasteiger partial charge in [0.25, 0.3) is 0 Å². The van der Waals surface area contributed by atoms with Crippen LogP contribution < -0.4 is 10.1 Å². The quantitative estimate of drug-likeness (QED) is 0.844. The van der Waals surface area contributed by atoms with Crippen molar-refractivity contribution in [3.63, 3.8) is 0 Å². The van der Waals surface area contributed by atoms with Gasteiger partial charge >= 0.3 is 0 Å². The van der Waals surface area contributed by atoms with Crippen molar-refractivity contribution in [3.8, 4) is 5.75 Å². The van der Waals surface area contributed by atoms with E-state index < -0.39 is 6.10 Å². The van der Waals surface area contributed by atoms with Crippen molar-refractivity contribution in [2.45, 2.75) is 44.2 Å². The molecule has 4 heteroatoms. The van der Waals surface area contributed by atoms with E-state index >= 15 is 0 Å². The van der Waals surface area contributed by atoms with Crippen LogP contribution in [-0.4, -0.2) is 30.4 Å². The Bertz CT molecular complexity index is 328. The molecular formula is C15H24ClNO2. The minimum atomic E-state index is -0.438. The molecule has 1 fully saturated rings. The van der Waals surface area contributed by atoms with E-state index in [-0.39, 0.29) is 12.4 Å². The number of benzene rings is 1. The number of rotatable bonds is 6. The van der Waals surface area contributed by atoms with E-state index in [0.29, 0.717) is 19.2 Å². The predicted octanol–water partition coefficient (Wildman–Crippen LogP) is 2.77. The molecule has 108 valence electrons. The van der Waals surface area contributed by atoms with E-state index in [9.17, 15) is 5.11 Å². The molecule has 1 saturated carbocycles. The third-order valence-electron chi connectivity index (χ3n) is 3.43. The highest BCUT2D eigenvalue weighted by molar-refractivity contribution is 5.85. The molecule has 1 aliphatic carbocycles. The highest BCUT2D eigenvalue weighted by atomic mass is 35.5. The molecule has 2 rings (SSSR count). The zero-order valence-corrected chi connectivity index (χ0v) is 12.1. The minimum absolute atomic E-state index is 0. The van der Waals surface area contributed by atoms with Gasteiger partial charge in [-0.2, -0.15) is 0 Å². The summed E-state index contributed by atoms with van der Waals surface area (Å²) in [6, 6.07) is 10.2. The summed E-state index contributed by atoms with van der Waals surface area (Å²) in [5.41, 5.74) is 0. The van der Waals surface area contributed by atoms with Crippen molar-refractivity contribution >= 4 is 12.4 Å². The first-order valence-corrected chi connectivity index (χ1v) is 6.94. The normalized spacial score (nSPS) is 17.5. The Balaban J connectivity index is 0.00000180. The largest absolute Gasteiger partial charge is 0.491 e. The summed E-state index contributed by atoms with van der Waals surface area (Å²) in [6.45, 7) is 0.973. The maximum absolute atomic E-state index is 9.85. The molecule has 1 atom stereocenters. The van der Waals surface area contributed by atoms with Gasteiger partial charge in [-0.3, -0.25) is 0 Å². The molecule has 0 amide bonds. The SMILES string of the molecule is Cl.OC(CNC1CCCCC1)COc1ccccc1. The van der Waals surface area contributed by atoms with Crippen molar-refractivity contribution in [3.05, 3.63) is 30.3 Å². The molecule has 1 unspecified atom stereocenters. The topological polar surface area (TPSA) is 41.5 Å². The zero-order chi connectivity index (χ0) is 12.6. The Morgan fingerprint density at radius 3 is 2.53 bits per heavy atom. The van der Waals surface area contributed by atoms with Crippen LogP contribution in [0.15, 0.2) is 30.3 Å². The molecule has 0 aromatic heterocycles. The Kier molecular flexibility index (Phi) is 7.87. The molecule has 19 heavy (non-hydrogen) atoms. The molecule has 1 aliphatic rings. The lowest BCUT2D eigenvalue weighted by Crippen LogP contribution is -2.38. The number of aliphatic hydroxyl groups excluding tert-OH is 1. The van der Waals surface area contributed by atoms with Crippen molar-refractivity contribution < 1.29 is 9.84 Å². The van der Waals surface area contributed by atoms with E-state index in [2.05, 4.69) is 5.32 Å². The van der Waals surface area contributed by atoms with Gasteiger partial charge in [0.1, 0.15) is 18.5 Å². The molecule has 0 heterocycles. The molecule has 2 N–H and O–H groups in total. The number of ether oxygens (including phenoxy) is 1. The van der Waals surface area contributed by atoms with Gasteiger partial charge in [0.2, 0.25) is 0 Å². The average Bonchev–Trinajstić information content (AvgIpc) is 2.45. The Hall–Kier alpha value is -0.770. The summed E-state index contributed by atoms with van der Waals surface area (Å²) >= 11 is 0. The summed E-state index contributed by atoms with van der Waals surface area (Å²) in [5, 5.41) is 13.3. The van der Waals surface area contributed by atoms with Crippen molar-refractivity contribution in [2.24, 2.45) is 0 Å². The van der Waals surface area contributed by atoms with Crippen LogP contribution in [0, 0.1) is 0 Å². The molecular weight excluding hydrogens is 262 g/mol. The maximum Gasteiger partial charge on any atom is 0.119 e. The van der Waals surface area contributed by atoms with E-state index in [1.807, 2.05) is 30.3 Å². The molecule has 0 spiro atoms. The molecule has 0 aliphatic heterocycles. The fraction of sp³-hybridized carbons (Fsp3) is 0.600. The van der Waals surface area contributed by atoms with Gasteiger partial charge in [-0.05, 0) is 25.0 Å². The molecule has 0 bridgehead atoms. The second-order valence-electron chi connectivity index (χ2n) is 5.02. The number of hydrogen-bond donors (Lipinski definition) is 2. The number of para-hydroxylation sites is 1. The van der Waals surface area contributed by atoms with E-state index in [4.69, 9.17) is 4.74 Å². The highest BCUT2D eigenvalue weighted by Gasteiger charge is 2.14. The van der Waals surface area contributed by atoms with Gasteiger partial charge in [-0.25, -0.2) is 0 Å². The molecule has 3 nitrogen and oxygen atoms in total. The average molecular weight is 286 g/mol. The van der Waals surface area contributed by atoms with Crippen molar-refractivity contribution in [2.75, 3.05) is 13.2 Å². The number of hydrogen-bond acceptors (Lipinski definition) is 3. The second-order valence-corrected chi connectivity index (χ2v) is 5.02. The summed E-state index contributed by atoms with van der Waals surface area (Å²) < 4.78 is 5.52. The second kappa shape index (κ2) is 9.18. The van der Waals surface area contributed by atoms with Crippen LogP contribution >= 0.6 is 12.4 Å². The fourth-order valence-electron chi connectivity index (χ4n) is 2.38. The van der Waals surface area contributed by atoms with Crippen molar-refractivity contribution in [1.82, 2.24) is 5.32 Å². The lowest BCUT2D eigenvalue weighted by molar-refractivity contribution is 0.102. The molecule has 0 radical (unpaired) electrons. The third kappa shape index (κ3) is 6.28. The first-order chi connectivity index (χ1) is 8.84. The van der Waals surface area contributed by atoms with Gasteiger partial charge in [0, 0.05) is 12.6 Å². The summed E-state index contributed by atoms with van der Waals surface area (Å²) in [5.74, 6) is 0.814. The number of nitrogens with one attached hydrogen (secondary N) is 1. The van der Waals surface area contributed by atoms with Gasteiger partial charge in [0.15, 0.2) is 0 Å². The van der Waals surface area contributed by atoms with Crippen LogP contribution in [0.5, 0.6) is 5.75 Å². The summed E-state index contributed by atoms with van der Waals surface area (Å²) in [7, 11) is 0. The molecule has 0 saturated heterocycles. The van der Waals surface area contributed by atoms with Gasteiger partial charge in [-0.15, -0.1) is 12.4 Å². The maximum atomic E-state index is 9.85. The summed E-state index contributed by atoms with van der Waals surface area (Å²) in [6.07, 6.45) is 6.03. The molecule has 1 aromatic carbocycles. The minimum Gasteiger partial charge on any atom is -0.491 e. The molecule has 1 aromatic rings. The van der Waals surface area contributed by atoms with Gasteiger partial charge < -0.3 is 15.2 Å². The summed E-state index contributed by atoms with van der Waals surface area (Å²) in [4.78, 5) is 0. The van der Waals surface area contributed by atoms with Crippen LogP contribution in [0.1, 0.15) is 32.1 Å². The fourth-order valence-corrected chi connectivity index (χ4v) is 2.38. The van der Waals surface area contributed by atoms with Crippen LogP contribution in [0.4, 0.5) is 0 Å². The number of aliphatic hydroxyl groups is 1. The zero-order valence-electron chi connectivity index (χ0n) is 11.3. The predicted molar refractivity (Wildman–Crippen MR) is 80.1 cm³/mol.